The predicted molar refractivity (Wildman–Crippen MR) is 137 cm³/mol. The summed E-state index contributed by atoms with van der Waals surface area (Å²) in [6.07, 6.45) is 2.24. The topological polar surface area (TPSA) is 0 Å². The molecule has 166 valence electrons. The van der Waals surface area contributed by atoms with Crippen LogP contribution in [0.2, 0.25) is 0 Å². The number of aryl methyl sites for hydroxylation is 2. The quantitative estimate of drug-likeness (QED) is 0.209. The van der Waals surface area contributed by atoms with Crippen molar-refractivity contribution in [3.8, 4) is 0 Å². The fourth-order valence-electron chi connectivity index (χ4n) is 3.04. The molecule has 0 fully saturated rings. The maximum atomic E-state index is 2.97. The van der Waals surface area contributed by atoms with E-state index in [-0.39, 0.29) is 21.7 Å². The van der Waals surface area contributed by atoms with Crippen LogP contribution in [-0.4, -0.2) is 0 Å². The SMILES string of the molecule is CCc1cc[c-]cc1.CCc1cc[c-]cc1.Cc1c(C)c(C)[c-](C)c1C.[Ti+4].c1cc[cH-]c1. The third-order valence-corrected chi connectivity index (χ3v) is 5.76. The summed E-state index contributed by atoms with van der Waals surface area (Å²) in [6, 6.07) is 32.0. The zero-order chi connectivity index (χ0) is 23.1. The average Bonchev–Trinajstić information content (AvgIpc) is 3.48. The van der Waals surface area contributed by atoms with E-state index in [9.17, 15) is 0 Å². The van der Waals surface area contributed by atoms with Gasteiger partial charge in [-0.1, -0.05) is 61.3 Å². The van der Waals surface area contributed by atoms with Crippen molar-refractivity contribution < 1.29 is 21.7 Å². The molecule has 0 nitrogen and oxygen atoms in total. The minimum absolute atomic E-state index is 0. The molecule has 0 aromatic heterocycles. The van der Waals surface area contributed by atoms with Gasteiger partial charge in [-0.25, -0.2) is 12.1 Å². The van der Waals surface area contributed by atoms with Crippen LogP contribution in [-0.2, 0) is 34.6 Å². The van der Waals surface area contributed by atoms with Crippen molar-refractivity contribution in [1.82, 2.24) is 0 Å². The minimum Gasteiger partial charge on any atom is -0.214 e. The second-order valence-corrected chi connectivity index (χ2v) is 7.61. The van der Waals surface area contributed by atoms with E-state index in [1.165, 1.54) is 38.9 Å². The maximum Gasteiger partial charge on any atom is 4.00 e. The molecule has 0 unspecified atom stereocenters. The number of benzene rings is 2. The fourth-order valence-corrected chi connectivity index (χ4v) is 3.04. The smallest absolute Gasteiger partial charge is 0.214 e. The summed E-state index contributed by atoms with van der Waals surface area (Å²) < 4.78 is 0. The van der Waals surface area contributed by atoms with Crippen molar-refractivity contribution in [2.24, 2.45) is 0 Å². The van der Waals surface area contributed by atoms with Gasteiger partial charge in [0.2, 0.25) is 0 Å². The molecule has 1 heteroatoms. The Bertz CT molecular complexity index is 792. The molecule has 4 aromatic carbocycles. The van der Waals surface area contributed by atoms with E-state index in [1.807, 2.05) is 54.6 Å². The second kappa shape index (κ2) is 17.4. The van der Waals surface area contributed by atoms with Gasteiger partial charge in [-0.15, -0.1) is 0 Å². The molecule has 4 rings (SSSR count). The third kappa shape index (κ3) is 10.9. The maximum absolute atomic E-state index is 2.97. The molecule has 0 spiro atoms. The molecule has 0 bridgehead atoms. The molecule has 32 heavy (non-hydrogen) atoms. The molecular weight excluding hydrogens is 420 g/mol. The van der Waals surface area contributed by atoms with Crippen molar-refractivity contribution in [3.05, 3.63) is 130 Å². The molecule has 0 amide bonds. The van der Waals surface area contributed by atoms with E-state index >= 15 is 0 Å². The number of hydrogen-bond acceptors (Lipinski definition) is 0. The van der Waals surface area contributed by atoms with E-state index in [1.54, 1.807) is 0 Å². The van der Waals surface area contributed by atoms with Crippen LogP contribution in [0.1, 0.15) is 52.8 Å². The molecule has 4 aromatic rings. The van der Waals surface area contributed by atoms with Crippen LogP contribution in [0.5, 0.6) is 0 Å². The first-order valence-electron chi connectivity index (χ1n) is 11.2. The van der Waals surface area contributed by atoms with Crippen LogP contribution in [0, 0.1) is 46.8 Å². The van der Waals surface area contributed by atoms with Crippen LogP contribution in [0.4, 0.5) is 0 Å². The van der Waals surface area contributed by atoms with Crippen molar-refractivity contribution >= 4 is 0 Å². The normalized spacial score (nSPS) is 9.09. The predicted octanol–water partition coefficient (Wildman–Crippen LogP) is 8.45. The van der Waals surface area contributed by atoms with Crippen molar-refractivity contribution in [2.75, 3.05) is 0 Å². The third-order valence-electron chi connectivity index (χ3n) is 5.76. The Labute approximate surface area is 212 Å². The van der Waals surface area contributed by atoms with Gasteiger partial charge in [-0.2, -0.15) is 118 Å². The monoisotopic (exact) mass is 458 g/mol. The summed E-state index contributed by atoms with van der Waals surface area (Å²) in [4.78, 5) is 0. The summed E-state index contributed by atoms with van der Waals surface area (Å²) in [5, 5.41) is 0. The Balaban J connectivity index is 0.000000405. The molecule has 0 atom stereocenters. The zero-order valence-electron chi connectivity index (χ0n) is 20.9. The zero-order valence-corrected chi connectivity index (χ0v) is 22.5. The van der Waals surface area contributed by atoms with Gasteiger partial charge < -0.3 is 0 Å². The largest absolute Gasteiger partial charge is 4.00 e. The average molecular weight is 459 g/mol. The molecular formula is C31H38Ti. The molecule has 0 radical (unpaired) electrons. The summed E-state index contributed by atoms with van der Waals surface area (Å²) in [5.41, 5.74) is 10.1. The van der Waals surface area contributed by atoms with Gasteiger partial charge in [0.15, 0.2) is 0 Å². The van der Waals surface area contributed by atoms with E-state index in [0.717, 1.165) is 12.8 Å². The number of hydrogen-bond donors (Lipinski definition) is 0. The molecule has 0 heterocycles. The van der Waals surface area contributed by atoms with E-state index in [0.29, 0.717) is 0 Å². The molecule has 0 saturated carbocycles. The van der Waals surface area contributed by atoms with Crippen molar-refractivity contribution in [2.45, 2.75) is 61.3 Å². The summed E-state index contributed by atoms with van der Waals surface area (Å²) >= 11 is 0. The van der Waals surface area contributed by atoms with Crippen molar-refractivity contribution in [1.29, 1.82) is 0 Å². The minimum atomic E-state index is 0. The first-order valence-corrected chi connectivity index (χ1v) is 11.2. The Morgan fingerprint density at radius 2 is 1.03 bits per heavy atom. The van der Waals surface area contributed by atoms with E-state index in [4.69, 9.17) is 0 Å². The Morgan fingerprint density at radius 3 is 1.19 bits per heavy atom. The Hall–Kier alpha value is -2.15. The van der Waals surface area contributed by atoms with Crippen LogP contribution in [0.3, 0.4) is 0 Å². The van der Waals surface area contributed by atoms with Gasteiger partial charge in [-0.05, 0) is 0 Å². The second-order valence-electron chi connectivity index (χ2n) is 7.61. The first kappa shape index (κ1) is 29.9. The fraction of sp³-hybridized carbons (Fsp3) is 0.290. The molecule has 0 saturated heterocycles. The van der Waals surface area contributed by atoms with Crippen molar-refractivity contribution in [3.63, 3.8) is 0 Å². The van der Waals surface area contributed by atoms with Crippen LogP contribution in [0.15, 0.2) is 78.9 Å². The van der Waals surface area contributed by atoms with Gasteiger partial charge in [0.25, 0.3) is 0 Å². The van der Waals surface area contributed by atoms with Gasteiger partial charge in [0.05, 0.1) is 0 Å². The van der Waals surface area contributed by atoms with Gasteiger partial charge >= 0.3 is 21.7 Å². The van der Waals surface area contributed by atoms with Crippen LogP contribution >= 0.6 is 0 Å². The molecule has 0 aliphatic heterocycles. The van der Waals surface area contributed by atoms with Crippen LogP contribution < -0.4 is 0 Å². The van der Waals surface area contributed by atoms with Gasteiger partial charge in [-0.3, -0.25) is 0 Å². The Morgan fingerprint density at radius 1 is 0.688 bits per heavy atom. The molecule has 0 aliphatic rings. The van der Waals surface area contributed by atoms with Gasteiger partial charge in [0.1, 0.15) is 0 Å². The summed E-state index contributed by atoms with van der Waals surface area (Å²) in [6.45, 7) is 15.3. The first-order chi connectivity index (χ1) is 14.9. The van der Waals surface area contributed by atoms with E-state index < -0.39 is 0 Å². The standard InChI is InChI=1S/C10H15.2C8H9.C5H5.Ti/c1-6-7(2)9(4)10(5)8(6)3;2*1-2-8-6-4-3-5-7-8;1-2-4-5-3-1;/h1-5H3;2*4-7H,2H2,1H3;1-5H;/q4*-1;+4. The molecule has 0 aliphatic carbocycles. The Kier molecular flexibility index (Phi) is 16.2. The van der Waals surface area contributed by atoms with Gasteiger partial charge in [0, 0.05) is 0 Å². The number of rotatable bonds is 2. The summed E-state index contributed by atoms with van der Waals surface area (Å²) in [7, 11) is 0. The summed E-state index contributed by atoms with van der Waals surface area (Å²) in [5.74, 6) is 0. The van der Waals surface area contributed by atoms with E-state index in [2.05, 4.69) is 84.9 Å². The van der Waals surface area contributed by atoms with Crippen LogP contribution in [0.25, 0.3) is 0 Å². The molecule has 0 N–H and O–H groups in total.